The SMILES string of the molecule is Cc1cc(=O)n(CC(=O)NCCc2ccc(F)cc2)cn1. The maximum atomic E-state index is 12.7. The third kappa shape index (κ3) is 4.52. The van der Waals surface area contributed by atoms with Crippen molar-refractivity contribution in [3.05, 3.63) is 64.1 Å². The summed E-state index contributed by atoms with van der Waals surface area (Å²) in [7, 11) is 0. The quantitative estimate of drug-likeness (QED) is 0.895. The van der Waals surface area contributed by atoms with Crippen LogP contribution in [0, 0.1) is 12.7 Å². The second-order valence-electron chi connectivity index (χ2n) is 4.72. The van der Waals surface area contributed by atoms with E-state index in [2.05, 4.69) is 10.3 Å². The van der Waals surface area contributed by atoms with Gasteiger partial charge in [-0.3, -0.25) is 14.2 Å². The fourth-order valence-electron chi connectivity index (χ4n) is 1.84. The lowest BCUT2D eigenvalue weighted by Crippen LogP contribution is -2.33. The van der Waals surface area contributed by atoms with Crippen molar-refractivity contribution in [2.45, 2.75) is 19.9 Å². The minimum Gasteiger partial charge on any atom is -0.354 e. The van der Waals surface area contributed by atoms with Gasteiger partial charge in [-0.15, -0.1) is 0 Å². The molecule has 1 aromatic carbocycles. The van der Waals surface area contributed by atoms with E-state index in [1.165, 1.54) is 29.1 Å². The standard InChI is InChI=1S/C15H16FN3O2/c1-11-8-15(21)19(10-18-11)9-14(20)17-7-6-12-2-4-13(16)5-3-12/h2-5,8,10H,6-7,9H2,1H3,(H,17,20). The highest BCUT2D eigenvalue weighted by Gasteiger charge is 2.04. The monoisotopic (exact) mass is 289 g/mol. The molecular formula is C15H16FN3O2. The molecular weight excluding hydrogens is 273 g/mol. The lowest BCUT2D eigenvalue weighted by atomic mass is 10.1. The van der Waals surface area contributed by atoms with Gasteiger partial charge in [0.05, 0.1) is 6.33 Å². The Labute approximate surface area is 121 Å². The van der Waals surface area contributed by atoms with Crippen LogP contribution in [0.4, 0.5) is 4.39 Å². The van der Waals surface area contributed by atoms with Crippen LogP contribution >= 0.6 is 0 Å². The Morgan fingerprint density at radius 2 is 2.05 bits per heavy atom. The van der Waals surface area contributed by atoms with Crippen molar-refractivity contribution in [1.82, 2.24) is 14.9 Å². The molecule has 0 saturated heterocycles. The molecule has 0 radical (unpaired) electrons. The number of amides is 1. The maximum Gasteiger partial charge on any atom is 0.253 e. The first-order valence-corrected chi connectivity index (χ1v) is 6.59. The molecule has 0 unspecified atom stereocenters. The first-order chi connectivity index (χ1) is 10.0. The Kier molecular flexibility index (Phi) is 4.81. The van der Waals surface area contributed by atoms with Gasteiger partial charge in [-0.05, 0) is 31.0 Å². The molecule has 110 valence electrons. The normalized spacial score (nSPS) is 10.4. The van der Waals surface area contributed by atoms with Crippen LogP contribution in [0.3, 0.4) is 0 Å². The number of rotatable bonds is 5. The molecule has 6 heteroatoms. The third-order valence-electron chi connectivity index (χ3n) is 2.98. The molecule has 0 saturated carbocycles. The Hall–Kier alpha value is -2.50. The fraction of sp³-hybridized carbons (Fsp3) is 0.267. The van der Waals surface area contributed by atoms with Gasteiger partial charge in [-0.2, -0.15) is 0 Å². The van der Waals surface area contributed by atoms with Crippen LogP contribution in [-0.2, 0) is 17.8 Å². The smallest absolute Gasteiger partial charge is 0.253 e. The van der Waals surface area contributed by atoms with Crippen LogP contribution in [-0.4, -0.2) is 22.0 Å². The molecule has 5 nitrogen and oxygen atoms in total. The molecule has 21 heavy (non-hydrogen) atoms. The molecule has 1 N–H and O–H groups in total. The lowest BCUT2D eigenvalue weighted by Gasteiger charge is -2.07. The molecule has 0 aliphatic carbocycles. The van der Waals surface area contributed by atoms with E-state index in [1.807, 2.05) is 0 Å². The second-order valence-corrected chi connectivity index (χ2v) is 4.72. The number of hydrogen-bond acceptors (Lipinski definition) is 3. The van der Waals surface area contributed by atoms with E-state index < -0.39 is 0 Å². The summed E-state index contributed by atoms with van der Waals surface area (Å²) < 4.78 is 14.0. The highest BCUT2D eigenvalue weighted by molar-refractivity contribution is 5.75. The molecule has 2 rings (SSSR count). The number of carbonyl (C=O) groups excluding carboxylic acids is 1. The van der Waals surface area contributed by atoms with E-state index in [0.29, 0.717) is 18.7 Å². The van der Waals surface area contributed by atoms with E-state index in [1.54, 1.807) is 19.1 Å². The zero-order valence-corrected chi connectivity index (χ0v) is 11.7. The van der Waals surface area contributed by atoms with E-state index in [-0.39, 0.29) is 23.8 Å². The summed E-state index contributed by atoms with van der Waals surface area (Å²) in [6, 6.07) is 7.50. The van der Waals surface area contributed by atoms with Crippen LogP contribution in [0.25, 0.3) is 0 Å². The summed E-state index contributed by atoms with van der Waals surface area (Å²) >= 11 is 0. The predicted octanol–water partition coefficient (Wildman–Crippen LogP) is 1.05. The van der Waals surface area contributed by atoms with Gasteiger partial charge in [0.15, 0.2) is 0 Å². The van der Waals surface area contributed by atoms with Crippen molar-refractivity contribution in [2.75, 3.05) is 6.54 Å². The summed E-state index contributed by atoms with van der Waals surface area (Å²) in [4.78, 5) is 27.3. The van der Waals surface area contributed by atoms with Crippen molar-refractivity contribution in [3.8, 4) is 0 Å². The average Bonchev–Trinajstić information content (AvgIpc) is 2.44. The summed E-state index contributed by atoms with van der Waals surface area (Å²) in [5, 5.41) is 2.72. The van der Waals surface area contributed by atoms with Gasteiger partial charge < -0.3 is 5.32 Å². The number of aryl methyl sites for hydroxylation is 1. The van der Waals surface area contributed by atoms with Crippen molar-refractivity contribution < 1.29 is 9.18 Å². The topological polar surface area (TPSA) is 64.0 Å². The third-order valence-corrected chi connectivity index (χ3v) is 2.98. The summed E-state index contributed by atoms with van der Waals surface area (Å²) in [5.74, 6) is -0.543. The predicted molar refractivity (Wildman–Crippen MR) is 76.3 cm³/mol. The van der Waals surface area contributed by atoms with Gasteiger partial charge >= 0.3 is 0 Å². The zero-order chi connectivity index (χ0) is 15.2. The number of carbonyl (C=O) groups is 1. The van der Waals surface area contributed by atoms with Gasteiger partial charge in [0, 0.05) is 18.3 Å². The van der Waals surface area contributed by atoms with Crippen molar-refractivity contribution >= 4 is 5.91 Å². The molecule has 0 aliphatic heterocycles. The average molecular weight is 289 g/mol. The van der Waals surface area contributed by atoms with E-state index >= 15 is 0 Å². The summed E-state index contributed by atoms with van der Waals surface area (Å²) in [6.07, 6.45) is 1.96. The number of hydrogen-bond donors (Lipinski definition) is 1. The maximum absolute atomic E-state index is 12.7. The van der Waals surface area contributed by atoms with Crippen molar-refractivity contribution in [3.63, 3.8) is 0 Å². The summed E-state index contributed by atoms with van der Waals surface area (Å²) in [6.45, 7) is 2.09. The first kappa shape index (κ1) is 14.9. The minimum absolute atomic E-state index is 0.0600. The van der Waals surface area contributed by atoms with Crippen LogP contribution in [0.15, 0.2) is 41.5 Å². The van der Waals surface area contributed by atoms with E-state index in [9.17, 15) is 14.0 Å². The number of nitrogens with one attached hydrogen (secondary N) is 1. The minimum atomic E-state index is -0.283. The van der Waals surface area contributed by atoms with Crippen LogP contribution in [0.2, 0.25) is 0 Å². The molecule has 1 aromatic heterocycles. The highest BCUT2D eigenvalue weighted by Crippen LogP contribution is 2.02. The van der Waals surface area contributed by atoms with Crippen molar-refractivity contribution in [2.24, 2.45) is 0 Å². The molecule has 1 heterocycles. The Morgan fingerprint density at radius 3 is 2.71 bits per heavy atom. The number of nitrogens with zero attached hydrogens (tertiary/aromatic N) is 2. The molecule has 0 atom stereocenters. The van der Waals surface area contributed by atoms with Gasteiger partial charge in [0.2, 0.25) is 5.91 Å². The van der Waals surface area contributed by atoms with E-state index in [4.69, 9.17) is 0 Å². The molecule has 0 fully saturated rings. The largest absolute Gasteiger partial charge is 0.354 e. The fourth-order valence-corrected chi connectivity index (χ4v) is 1.84. The molecule has 1 amide bonds. The van der Waals surface area contributed by atoms with Crippen molar-refractivity contribution in [1.29, 1.82) is 0 Å². The first-order valence-electron chi connectivity index (χ1n) is 6.59. The highest BCUT2D eigenvalue weighted by atomic mass is 19.1. The Balaban J connectivity index is 1.82. The van der Waals surface area contributed by atoms with Gasteiger partial charge in [-0.1, -0.05) is 12.1 Å². The Morgan fingerprint density at radius 1 is 1.33 bits per heavy atom. The number of halogens is 1. The molecule has 0 aliphatic rings. The molecule has 0 spiro atoms. The molecule has 0 bridgehead atoms. The van der Waals surface area contributed by atoms with Gasteiger partial charge in [0.25, 0.3) is 5.56 Å². The lowest BCUT2D eigenvalue weighted by molar-refractivity contribution is -0.121. The van der Waals surface area contributed by atoms with E-state index in [0.717, 1.165) is 5.56 Å². The number of benzene rings is 1. The summed E-state index contributed by atoms with van der Waals surface area (Å²) in [5.41, 5.74) is 1.30. The number of aromatic nitrogens is 2. The zero-order valence-electron chi connectivity index (χ0n) is 11.7. The second kappa shape index (κ2) is 6.78. The van der Waals surface area contributed by atoms with Crippen LogP contribution < -0.4 is 10.9 Å². The van der Waals surface area contributed by atoms with Gasteiger partial charge in [-0.25, -0.2) is 9.37 Å². The molecule has 2 aromatic rings. The Bertz CT molecular complexity index is 680. The van der Waals surface area contributed by atoms with Gasteiger partial charge in [0.1, 0.15) is 12.4 Å². The van der Waals surface area contributed by atoms with Crippen LogP contribution in [0.1, 0.15) is 11.3 Å². The van der Waals surface area contributed by atoms with Crippen LogP contribution in [0.5, 0.6) is 0 Å².